The fraction of sp³-hybridized carbons (Fsp3) is 0.244. The van der Waals surface area contributed by atoms with Gasteiger partial charge in [0.25, 0.3) is 11.8 Å². The molecule has 54 heavy (non-hydrogen) atoms. The van der Waals surface area contributed by atoms with Crippen LogP contribution in [0.15, 0.2) is 108 Å². The summed E-state index contributed by atoms with van der Waals surface area (Å²) in [4.78, 5) is 55.1. The van der Waals surface area contributed by atoms with Gasteiger partial charge >= 0.3 is 0 Å². The average Bonchev–Trinajstić information content (AvgIpc) is 4.04. The van der Waals surface area contributed by atoms with Crippen LogP contribution in [0.25, 0.3) is 33.8 Å². The minimum Gasteiger partial charge on any atom is -0.436 e. The van der Waals surface area contributed by atoms with Crippen LogP contribution in [0.4, 0.5) is 10.1 Å². The van der Waals surface area contributed by atoms with Crippen molar-refractivity contribution in [1.82, 2.24) is 24.8 Å². The summed E-state index contributed by atoms with van der Waals surface area (Å²) >= 11 is 0. The smallest absolute Gasteiger partial charge is 0.256 e. The molecule has 0 spiro atoms. The number of fused-ring (bicyclic) bond motifs is 1. The van der Waals surface area contributed by atoms with Gasteiger partial charge in [0.05, 0.1) is 29.0 Å². The van der Waals surface area contributed by atoms with Crippen LogP contribution in [-0.2, 0) is 14.4 Å². The number of oxazole rings is 1. The molecule has 13 heteroatoms. The van der Waals surface area contributed by atoms with Crippen LogP contribution < -0.4 is 5.32 Å². The number of benzene rings is 4. The number of H-pyrrole nitrogens is 1. The van der Waals surface area contributed by atoms with E-state index in [9.17, 15) is 24.6 Å². The number of hydrogen-bond donors (Lipinski definition) is 4. The summed E-state index contributed by atoms with van der Waals surface area (Å²) in [6.45, 7) is 0.828. The van der Waals surface area contributed by atoms with E-state index in [4.69, 9.17) is 9.40 Å². The number of rotatable bonds is 9. The number of anilines is 1. The Balaban J connectivity index is 0.942. The highest BCUT2D eigenvalue weighted by Crippen LogP contribution is 2.35. The van der Waals surface area contributed by atoms with Crippen molar-refractivity contribution in [2.24, 2.45) is 0 Å². The molecule has 0 saturated carbocycles. The summed E-state index contributed by atoms with van der Waals surface area (Å²) in [6, 6.07) is 26.0. The number of hydrogen-bond acceptors (Lipinski definition) is 8. The Morgan fingerprint density at radius 1 is 0.815 bits per heavy atom. The topological polar surface area (TPSA) is 165 Å². The fourth-order valence-electron chi connectivity index (χ4n) is 7.33. The fourth-order valence-corrected chi connectivity index (χ4v) is 7.33. The molecule has 2 aliphatic heterocycles. The number of aliphatic hydroxyl groups excluding tert-OH is 2. The first-order valence-electron chi connectivity index (χ1n) is 17.9. The number of likely N-dealkylation sites (tertiary alicyclic amines) is 2. The molecule has 4 atom stereocenters. The van der Waals surface area contributed by atoms with Gasteiger partial charge in [-0.05, 0) is 73.2 Å². The Morgan fingerprint density at radius 2 is 1.46 bits per heavy atom. The summed E-state index contributed by atoms with van der Waals surface area (Å²) in [5, 5.41) is 24.0. The van der Waals surface area contributed by atoms with Crippen LogP contribution in [0.2, 0.25) is 0 Å². The number of aromatic amines is 1. The highest BCUT2D eigenvalue weighted by atomic mass is 19.1. The van der Waals surface area contributed by atoms with E-state index in [2.05, 4.69) is 15.3 Å². The van der Waals surface area contributed by atoms with Crippen LogP contribution >= 0.6 is 0 Å². The van der Waals surface area contributed by atoms with Gasteiger partial charge < -0.3 is 34.7 Å². The quantitative estimate of drug-likeness (QED) is 0.139. The number of amides is 3. The van der Waals surface area contributed by atoms with Gasteiger partial charge in [0.1, 0.15) is 17.7 Å². The van der Waals surface area contributed by atoms with Crippen molar-refractivity contribution in [1.29, 1.82) is 0 Å². The van der Waals surface area contributed by atoms with E-state index < -0.39 is 35.9 Å². The van der Waals surface area contributed by atoms with Crippen molar-refractivity contribution in [2.75, 3.05) is 18.4 Å². The predicted octanol–water partition coefficient (Wildman–Crippen LogP) is 6.08. The zero-order chi connectivity index (χ0) is 37.3. The van der Waals surface area contributed by atoms with Crippen molar-refractivity contribution in [3.63, 3.8) is 0 Å². The van der Waals surface area contributed by atoms with Crippen LogP contribution in [0, 0.1) is 5.82 Å². The number of carbonyl (C=O) groups is 3. The standard InChI is InChI=1S/C41H37FN6O6/c42-28-21-27(16-17-29(28)46-38(51)33-14-8-20-48(33)41(53)36(50)25-11-5-2-6-12-25)39-43-23-34(54-39)26-15-18-30-31(22-26)45-37(44-30)32-13-7-19-47(32)40(52)35(49)24-9-3-1-4-10-24/h1-6,9-12,15-18,21-23,32-33,35-36,49-50H,7-8,13-14,19-20H2,(H,44,45)(H,46,51)/t32-,33+,35+,36+/m0/s1. The summed E-state index contributed by atoms with van der Waals surface area (Å²) in [5.41, 5.74) is 3.40. The number of aromatic nitrogens is 3. The second-order valence-corrected chi connectivity index (χ2v) is 13.6. The van der Waals surface area contributed by atoms with Crippen LogP contribution in [0.5, 0.6) is 0 Å². The molecule has 4 N–H and O–H groups in total. The van der Waals surface area contributed by atoms with E-state index in [-0.39, 0.29) is 23.5 Å². The summed E-state index contributed by atoms with van der Waals surface area (Å²) < 4.78 is 21.4. The lowest BCUT2D eigenvalue weighted by atomic mass is 10.1. The number of halogens is 1. The second-order valence-electron chi connectivity index (χ2n) is 13.6. The van der Waals surface area contributed by atoms with Crippen molar-refractivity contribution in [3.05, 3.63) is 126 Å². The molecule has 12 nitrogen and oxygen atoms in total. The number of imidazole rings is 1. The molecule has 2 fully saturated rings. The van der Waals surface area contributed by atoms with Crippen LogP contribution in [0.1, 0.15) is 60.9 Å². The average molecular weight is 729 g/mol. The lowest BCUT2D eigenvalue weighted by molar-refractivity contribution is -0.144. The van der Waals surface area contributed by atoms with Gasteiger partial charge in [-0.3, -0.25) is 14.4 Å². The van der Waals surface area contributed by atoms with Gasteiger partial charge in [0.15, 0.2) is 18.0 Å². The van der Waals surface area contributed by atoms with E-state index in [1.54, 1.807) is 71.8 Å². The largest absolute Gasteiger partial charge is 0.436 e. The molecule has 0 bridgehead atoms. The molecule has 274 valence electrons. The molecule has 0 radical (unpaired) electrons. The normalized spacial score (nSPS) is 18.2. The molecule has 6 aromatic rings. The minimum atomic E-state index is -1.40. The molecule has 0 aliphatic carbocycles. The zero-order valence-corrected chi connectivity index (χ0v) is 29.1. The third-order valence-electron chi connectivity index (χ3n) is 10.2. The van der Waals surface area contributed by atoms with Gasteiger partial charge in [-0.15, -0.1) is 0 Å². The molecule has 2 aromatic heterocycles. The molecule has 8 rings (SSSR count). The summed E-state index contributed by atoms with van der Waals surface area (Å²) in [6.07, 6.45) is 1.35. The number of nitrogens with zero attached hydrogens (tertiary/aromatic N) is 4. The maximum absolute atomic E-state index is 15.4. The maximum atomic E-state index is 15.4. The van der Waals surface area contributed by atoms with Crippen molar-refractivity contribution >= 4 is 34.4 Å². The van der Waals surface area contributed by atoms with Crippen molar-refractivity contribution < 1.29 is 33.4 Å². The first kappa shape index (κ1) is 34.9. The Morgan fingerprint density at radius 3 is 2.17 bits per heavy atom. The molecule has 2 aliphatic rings. The third kappa shape index (κ3) is 6.74. The van der Waals surface area contributed by atoms with Gasteiger partial charge in [-0.25, -0.2) is 14.4 Å². The molecule has 2 saturated heterocycles. The van der Waals surface area contributed by atoms with Gasteiger partial charge in [-0.2, -0.15) is 0 Å². The molecule has 0 unspecified atom stereocenters. The minimum absolute atomic E-state index is 0.0592. The monoisotopic (exact) mass is 728 g/mol. The number of aliphatic hydroxyl groups is 2. The Bertz CT molecular complexity index is 2330. The lowest BCUT2D eigenvalue weighted by Crippen LogP contribution is -2.45. The maximum Gasteiger partial charge on any atom is 0.256 e. The molecular weight excluding hydrogens is 691 g/mol. The Hall–Kier alpha value is -6.18. The van der Waals surface area contributed by atoms with Crippen molar-refractivity contribution in [3.8, 4) is 22.8 Å². The summed E-state index contributed by atoms with van der Waals surface area (Å²) in [7, 11) is 0. The third-order valence-corrected chi connectivity index (χ3v) is 10.2. The first-order chi connectivity index (χ1) is 26.2. The number of nitrogens with one attached hydrogen (secondary N) is 2. The van der Waals surface area contributed by atoms with Crippen LogP contribution in [0.3, 0.4) is 0 Å². The van der Waals surface area contributed by atoms with E-state index in [1.165, 1.54) is 17.0 Å². The van der Waals surface area contributed by atoms with E-state index >= 15 is 4.39 Å². The second kappa shape index (κ2) is 14.7. The molecule has 3 amide bonds. The van der Waals surface area contributed by atoms with Gasteiger partial charge in [-0.1, -0.05) is 60.7 Å². The number of carbonyl (C=O) groups excluding carboxylic acids is 3. The first-order valence-corrected chi connectivity index (χ1v) is 17.9. The highest BCUT2D eigenvalue weighted by molar-refractivity contribution is 5.98. The zero-order valence-electron chi connectivity index (χ0n) is 29.1. The molecule has 4 aromatic carbocycles. The van der Waals surface area contributed by atoms with E-state index in [0.29, 0.717) is 71.7 Å². The SMILES string of the molecule is O=C(Nc1ccc(-c2ncc(-c3ccc4nc([C@@H]5CCCN5C(=O)[C@H](O)c5ccccc5)[nH]c4c3)o2)cc1F)[C@H]1CCCN1C(=O)[C@H](O)c1ccccc1. The van der Waals surface area contributed by atoms with Gasteiger partial charge in [0, 0.05) is 24.2 Å². The van der Waals surface area contributed by atoms with Gasteiger partial charge in [0.2, 0.25) is 11.8 Å². The predicted molar refractivity (Wildman–Crippen MR) is 197 cm³/mol. The lowest BCUT2D eigenvalue weighted by Gasteiger charge is -2.26. The molecular formula is C41H37FN6O6. The highest BCUT2D eigenvalue weighted by Gasteiger charge is 2.38. The van der Waals surface area contributed by atoms with Crippen LogP contribution in [-0.4, -0.2) is 71.8 Å². The van der Waals surface area contributed by atoms with Crippen molar-refractivity contribution in [2.45, 2.75) is 50.0 Å². The van der Waals surface area contributed by atoms with E-state index in [0.717, 1.165) is 11.9 Å². The van der Waals surface area contributed by atoms with E-state index in [1.807, 2.05) is 24.3 Å². The molecule has 4 heterocycles. The Kier molecular flexibility index (Phi) is 9.48. The Labute approximate surface area is 309 Å². The summed E-state index contributed by atoms with van der Waals surface area (Å²) in [5.74, 6) is -0.943.